The van der Waals surface area contributed by atoms with Crippen molar-refractivity contribution in [2.45, 2.75) is 12.8 Å². The highest BCUT2D eigenvalue weighted by Crippen LogP contribution is 2.27. The van der Waals surface area contributed by atoms with Crippen LogP contribution in [-0.2, 0) is 4.79 Å². The van der Waals surface area contributed by atoms with E-state index in [1.165, 1.54) is 0 Å². The lowest BCUT2D eigenvalue weighted by Crippen LogP contribution is -2.12. The Kier molecular flexibility index (Phi) is 5.28. The Morgan fingerprint density at radius 1 is 1.12 bits per heavy atom. The van der Waals surface area contributed by atoms with Crippen molar-refractivity contribution in [1.82, 2.24) is 4.98 Å². The lowest BCUT2D eigenvalue weighted by Gasteiger charge is -2.09. The van der Waals surface area contributed by atoms with Gasteiger partial charge in [-0.3, -0.25) is 4.79 Å². The molecule has 0 aliphatic rings. The molecule has 0 spiro atoms. The molecule has 1 heterocycles. The smallest absolute Gasteiger partial charge is 0.224 e. The molecule has 4 nitrogen and oxygen atoms in total. The van der Waals surface area contributed by atoms with Crippen molar-refractivity contribution in [2.75, 3.05) is 11.9 Å². The van der Waals surface area contributed by atoms with Crippen LogP contribution in [0.3, 0.4) is 0 Å². The predicted octanol–water partition coefficient (Wildman–Crippen LogP) is 5.27. The molecule has 0 bridgehead atoms. The van der Waals surface area contributed by atoms with E-state index in [0.29, 0.717) is 35.2 Å². The molecule has 3 aromatic rings. The molecule has 1 amide bonds. The number of carbonyl (C=O) groups excluding carboxylic acids is 1. The number of fused-ring (bicyclic) bond motifs is 1. The minimum atomic E-state index is -0.0457. The third-order valence-electron chi connectivity index (χ3n) is 3.54. The summed E-state index contributed by atoms with van der Waals surface area (Å²) in [6.45, 7) is 0.408. The van der Waals surface area contributed by atoms with Crippen molar-refractivity contribution < 1.29 is 9.53 Å². The maximum Gasteiger partial charge on any atom is 0.224 e. The van der Waals surface area contributed by atoms with Crippen LogP contribution >= 0.6 is 23.2 Å². The zero-order valence-corrected chi connectivity index (χ0v) is 14.3. The van der Waals surface area contributed by atoms with Crippen LogP contribution in [-0.4, -0.2) is 17.5 Å². The minimum absolute atomic E-state index is 0.0457. The number of amides is 1. The van der Waals surface area contributed by atoms with Gasteiger partial charge < -0.3 is 15.0 Å². The SMILES string of the molecule is O=C(CCCOc1ccc(Cl)cc1Cl)Nc1ccc2[nH]ccc2c1. The van der Waals surface area contributed by atoms with Crippen LogP contribution in [0.4, 0.5) is 5.69 Å². The summed E-state index contributed by atoms with van der Waals surface area (Å²) in [7, 11) is 0. The number of aromatic nitrogens is 1. The van der Waals surface area contributed by atoms with Crippen molar-refractivity contribution in [3.05, 3.63) is 58.7 Å². The lowest BCUT2D eigenvalue weighted by molar-refractivity contribution is -0.116. The van der Waals surface area contributed by atoms with Crippen LogP contribution in [0.25, 0.3) is 10.9 Å². The normalized spacial score (nSPS) is 10.8. The Morgan fingerprint density at radius 3 is 2.83 bits per heavy atom. The maximum atomic E-state index is 12.0. The molecular formula is C18H16Cl2N2O2. The summed E-state index contributed by atoms with van der Waals surface area (Å²) >= 11 is 11.9. The molecule has 2 aromatic carbocycles. The third-order valence-corrected chi connectivity index (χ3v) is 4.07. The lowest BCUT2D eigenvalue weighted by atomic mass is 10.2. The first kappa shape index (κ1) is 16.7. The standard InChI is InChI=1S/C18H16Cl2N2O2/c19-13-3-6-17(15(20)11-13)24-9-1-2-18(23)22-14-4-5-16-12(10-14)7-8-21-16/h3-8,10-11,21H,1-2,9H2,(H,22,23). The van der Waals surface area contributed by atoms with E-state index in [1.54, 1.807) is 18.2 Å². The highest BCUT2D eigenvalue weighted by Gasteiger charge is 2.06. The number of H-pyrrole nitrogens is 1. The minimum Gasteiger partial charge on any atom is -0.492 e. The summed E-state index contributed by atoms with van der Waals surface area (Å²) in [5, 5.41) is 4.98. The van der Waals surface area contributed by atoms with Gasteiger partial charge in [0, 0.05) is 34.2 Å². The number of benzene rings is 2. The van der Waals surface area contributed by atoms with Gasteiger partial charge >= 0.3 is 0 Å². The summed E-state index contributed by atoms with van der Waals surface area (Å²) in [4.78, 5) is 15.1. The highest BCUT2D eigenvalue weighted by molar-refractivity contribution is 6.35. The molecule has 1 aromatic heterocycles. The number of anilines is 1. The Morgan fingerprint density at radius 2 is 2.00 bits per heavy atom. The second-order valence-corrected chi connectivity index (χ2v) is 6.20. The van der Waals surface area contributed by atoms with E-state index in [1.807, 2.05) is 30.5 Å². The monoisotopic (exact) mass is 362 g/mol. The summed E-state index contributed by atoms with van der Waals surface area (Å²) < 4.78 is 5.56. The van der Waals surface area contributed by atoms with Gasteiger partial charge in [0.15, 0.2) is 0 Å². The molecule has 0 radical (unpaired) electrons. The van der Waals surface area contributed by atoms with Crippen molar-refractivity contribution in [1.29, 1.82) is 0 Å². The fourth-order valence-corrected chi connectivity index (χ4v) is 2.82. The molecule has 0 aliphatic carbocycles. The number of carbonyl (C=O) groups is 1. The summed E-state index contributed by atoms with van der Waals surface area (Å²) in [5.41, 5.74) is 1.83. The van der Waals surface area contributed by atoms with E-state index in [-0.39, 0.29) is 5.91 Å². The van der Waals surface area contributed by atoms with E-state index in [9.17, 15) is 4.79 Å². The fraction of sp³-hybridized carbons (Fsp3) is 0.167. The zero-order valence-electron chi connectivity index (χ0n) is 12.8. The van der Waals surface area contributed by atoms with E-state index >= 15 is 0 Å². The van der Waals surface area contributed by atoms with Gasteiger partial charge in [-0.25, -0.2) is 0 Å². The molecule has 6 heteroatoms. The number of hydrogen-bond acceptors (Lipinski definition) is 2. The number of hydrogen-bond donors (Lipinski definition) is 2. The van der Waals surface area contributed by atoms with Gasteiger partial charge in [-0.15, -0.1) is 0 Å². The molecule has 0 saturated carbocycles. The molecule has 0 aliphatic heterocycles. The van der Waals surface area contributed by atoms with Gasteiger partial charge in [-0.05, 0) is 48.9 Å². The Bertz CT molecular complexity index is 861. The topological polar surface area (TPSA) is 54.1 Å². The molecular weight excluding hydrogens is 347 g/mol. The molecule has 0 atom stereocenters. The van der Waals surface area contributed by atoms with Crippen molar-refractivity contribution in [3.8, 4) is 5.75 Å². The average Bonchev–Trinajstić information content (AvgIpc) is 3.01. The summed E-state index contributed by atoms with van der Waals surface area (Å²) in [6, 6.07) is 12.8. The van der Waals surface area contributed by atoms with E-state index in [0.717, 1.165) is 16.6 Å². The van der Waals surface area contributed by atoms with Gasteiger partial charge in [0.2, 0.25) is 5.91 Å². The molecule has 24 heavy (non-hydrogen) atoms. The number of aromatic amines is 1. The molecule has 3 rings (SSSR count). The van der Waals surface area contributed by atoms with Gasteiger partial charge in [0.25, 0.3) is 0 Å². The largest absolute Gasteiger partial charge is 0.492 e. The van der Waals surface area contributed by atoms with E-state index in [4.69, 9.17) is 27.9 Å². The maximum absolute atomic E-state index is 12.0. The molecule has 2 N–H and O–H groups in total. The van der Waals surface area contributed by atoms with Gasteiger partial charge in [-0.1, -0.05) is 23.2 Å². The quantitative estimate of drug-likeness (QED) is 0.586. The predicted molar refractivity (Wildman–Crippen MR) is 98.1 cm³/mol. The van der Waals surface area contributed by atoms with Gasteiger partial charge in [0.05, 0.1) is 11.6 Å². The summed E-state index contributed by atoms with van der Waals surface area (Å²) in [6.07, 6.45) is 2.84. The Balaban J connectivity index is 1.45. The zero-order chi connectivity index (χ0) is 16.9. The van der Waals surface area contributed by atoms with Gasteiger partial charge in [0.1, 0.15) is 5.75 Å². The first-order chi connectivity index (χ1) is 11.6. The van der Waals surface area contributed by atoms with E-state index < -0.39 is 0 Å². The molecule has 124 valence electrons. The van der Waals surface area contributed by atoms with E-state index in [2.05, 4.69) is 10.3 Å². The molecule has 0 unspecified atom stereocenters. The number of rotatable bonds is 6. The second kappa shape index (κ2) is 7.60. The average molecular weight is 363 g/mol. The third kappa shape index (κ3) is 4.22. The first-order valence-corrected chi connectivity index (χ1v) is 8.32. The van der Waals surface area contributed by atoms with Crippen LogP contribution in [0, 0.1) is 0 Å². The number of nitrogens with one attached hydrogen (secondary N) is 2. The van der Waals surface area contributed by atoms with Crippen molar-refractivity contribution >= 4 is 45.7 Å². The van der Waals surface area contributed by atoms with Crippen LogP contribution in [0.1, 0.15) is 12.8 Å². The number of ether oxygens (including phenoxy) is 1. The highest BCUT2D eigenvalue weighted by atomic mass is 35.5. The fourth-order valence-electron chi connectivity index (χ4n) is 2.36. The van der Waals surface area contributed by atoms with Crippen LogP contribution in [0.5, 0.6) is 5.75 Å². The van der Waals surface area contributed by atoms with Crippen LogP contribution in [0.15, 0.2) is 48.7 Å². The Hall–Kier alpha value is -2.17. The van der Waals surface area contributed by atoms with Crippen molar-refractivity contribution in [2.24, 2.45) is 0 Å². The van der Waals surface area contributed by atoms with Crippen LogP contribution < -0.4 is 10.1 Å². The first-order valence-electron chi connectivity index (χ1n) is 7.57. The summed E-state index contributed by atoms with van der Waals surface area (Å²) in [5.74, 6) is 0.523. The van der Waals surface area contributed by atoms with Crippen LogP contribution in [0.2, 0.25) is 10.0 Å². The van der Waals surface area contributed by atoms with Gasteiger partial charge in [-0.2, -0.15) is 0 Å². The number of halogens is 2. The second-order valence-electron chi connectivity index (χ2n) is 5.35. The molecule has 0 fully saturated rings. The van der Waals surface area contributed by atoms with Crippen molar-refractivity contribution in [3.63, 3.8) is 0 Å². The molecule has 0 saturated heterocycles. The Labute approximate surface area is 149 Å².